The number of aliphatic hydroxyl groups is 1. The number of Topliss-reactive ketones (excluding diaryl/α,β-unsaturated/α-hetero) is 1. The largest absolute Gasteiger partial charge is 0.385 e. The molecule has 2 heteroatoms. The summed E-state index contributed by atoms with van der Waals surface area (Å²) in [4.78, 5) is 11.4. The predicted octanol–water partition coefficient (Wildman–Crippen LogP) is 0.982. The van der Waals surface area contributed by atoms with Crippen LogP contribution in [0.15, 0.2) is 0 Å². The SMILES string of the molecule is CC1[C@@H]2CC[C@@]1(C)C(=O)[C@H]2O. The summed E-state index contributed by atoms with van der Waals surface area (Å²) in [5.41, 5.74) is -0.190. The molecular formula is C9H14O2. The molecule has 0 aliphatic heterocycles. The van der Waals surface area contributed by atoms with E-state index in [4.69, 9.17) is 0 Å². The van der Waals surface area contributed by atoms with Crippen LogP contribution in [0.4, 0.5) is 0 Å². The van der Waals surface area contributed by atoms with E-state index in [1.807, 2.05) is 6.92 Å². The number of rotatable bonds is 0. The van der Waals surface area contributed by atoms with E-state index in [0.717, 1.165) is 12.8 Å². The third kappa shape index (κ3) is 0.639. The van der Waals surface area contributed by atoms with E-state index in [-0.39, 0.29) is 17.1 Å². The summed E-state index contributed by atoms with van der Waals surface area (Å²) in [6.45, 7) is 4.09. The van der Waals surface area contributed by atoms with Crippen LogP contribution in [-0.2, 0) is 4.79 Å². The summed E-state index contributed by atoms with van der Waals surface area (Å²) in [6.07, 6.45) is 1.36. The van der Waals surface area contributed by atoms with Crippen LogP contribution in [0, 0.1) is 17.3 Å². The lowest BCUT2D eigenvalue weighted by molar-refractivity contribution is -0.134. The van der Waals surface area contributed by atoms with Crippen molar-refractivity contribution >= 4 is 5.78 Å². The van der Waals surface area contributed by atoms with E-state index in [9.17, 15) is 9.90 Å². The van der Waals surface area contributed by atoms with Gasteiger partial charge in [-0.05, 0) is 24.7 Å². The maximum absolute atomic E-state index is 11.4. The first-order valence-electron chi connectivity index (χ1n) is 4.30. The van der Waals surface area contributed by atoms with Gasteiger partial charge >= 0.3 is 0 Å². The maximum atomic E-state index is 11.4. The van der Waals surface area contributed by atoms with Crippen molar-refractivity contribution in [2.75, 3.05) is 0 Å². The minimum absolute atomic E-state index is 0.0845. The Morgan fingerprint density at radius 3 is 2.55 bits per heavy atom. The smallest absolute Gasteiger partial charge is 0.167 e. The van der Waals surface area contributed by atoms with E-state index in [1.165, 1.54) is 0 Å². The molecule has 0 saturated heterocycles. The Labute approximate surface area is 66.6 Å². The number of fused-ring (bicyclic) bond motifs is 2. The summed E-state index contributed by atoms with van der Waals surface area (Å²) < 4.78 is 0. The standard InChI is InChI=1S/C9H14O2/c1-5-6-3-4-9(5,2)8(11)7(6)10/h5-7,10H,3-4H2,1-2H3/t5?,6-,7-,9+/m0/s1. The Morgan fingerprint density at radius 1 is 1.64 bits per heavy atom. The summed E-state index contributed by atoms with van der Waals surface area (Å²) in [5.74, 6) is 0.735. The lowest BCUT2D eigenvalue weighted by Gasteiger charge is -2.22. The van der Waals surface area contributed by atoms with Crippen LogP contribution in [0.25, 0.3) is 0 Å². The molecule has 0 amide bonds. The number of aliphatic hydroxyl groups excluding tert-OH is 1. The van der Waals surface area contributed by atoms with Crippen LogP contribution in [0.2, 0.25) is 0 Å². The van der Waals surface area contributed by atoms with E-state index in [0.29, 0.717) is 5.92 Å². The van der Waals surface area contributed by atoms with Crippen molar-refractivity contribution in [2.24, 2.45) is 17.3 Å². The quantitative estimate of drug-likeness (QED) is 0.564. The molecule has 0 aromatic rings. The highest BCUT2D eigenvalue weighted by molar-refractivity contribution is 5.92. The van der Waals surface area contributed by atoms with Crippen LogP contribution in [-0.4, -0.2) is 17.0 Å². The predicted molar refractivity (Wildman–Crippen MR) is 41.0 cm³/mol. The maximum Gasteiger partial charge on any atom is 0.167 e. The molecule has 4 atom stereocenters. The normalized spacial score (nSPS) is 55.5. The molecule has 0 aromatic carbocycles. The molecule has 2 saturated carbocycles. The monoisotopic (exact) mass is 154 g/mol. The van der Waals surface area contributed by atoms with Crippen LogP contribution >= 0.6 is 0 Å². The Balaban J connectivity index is 2.40. The summed E-state index contributed by atoms with van der Waals surface area (Å²) in [6, 6.07) is 0. The lowest BCUT2D eigenvalue weighted by Crippen LogP contribution is -2.32. The molecule has 2 bridgehead atoms. The molecular weight excluding hydrogens is 140 g/mol. The van der Waals surface area contributed by atoms with Gasteiger partial charge in [0.2, 0.25) is 0 Å². The first kappa shape index (κ1) is 7.29. The average Bonchev–Trinajstić information content (AvgIpc) is 2.33. The summed E-state index contributed by atoms with van der Waals surface area (Å²) in [5, 5.41) is 9.47. The molecule has 1 unspecified atom stereocenters. The molecule has 11 heavy (non-hydrogen) atoms. The molecule has 2 fully saturated rings. The third-order valence-electron chi connectivity index (χ3n) is 3.88. The highest BCUT2D eigenvalue weighted by Crippen LogP contribution is 2.55. The molecule has 0 spiro atoms. The Bertz CT molecular complexity index is 212. The Kier molecular flexibility index (Phi) is 1.23. The molecule has 2 rings (SSSR count). The third-order valence-corrected chi connectivity index (χ3v) is 3.88. The fourth-order valence-corrected chi connectivity index (χ4v) is 2.73. The van der Waals surface area contributed by atoms with Crippen molar-refractivity contribution in [1.82, 2.24) is 0 Å². The second-order valence-corrected chi connectivity index (χ2v) is 4.22. The highest BCUT2D eigenvalue weighted by Gasteiger charge is 2.59. The zero-order valence-electron chi connectivity index (χ0n) is 7.00. The van der Waals surface area contributed by atoms with Crippen molar-refractivity contribution in [1.29, 1.82) is 0 Å². The molecule has 2 nitrogen and oxygen atoms in total. The topological polar surface area (TPSA) is 37.3 Å². The highest BCUT2D eigenvalue weighted by atomic mass is 16.3. The van der Waals surface area contributed by atoms with Gasteiger partial charge in [-0.3, -0.25) is 4.79 Å². The first-order chi connectivity index (χ1) is 5.07. The van der Waals surface area contributed by atoms with Gasteiger partial charge < -0.3 is 5.11 Å². The molecule has 2 aliphatic carbocycles. The second kappa shape index (κ2) is 1.86. The van der Waals surface area contributed by atoms with Crippen molar-refractivity contribution in [2.45, 2.75) is 32.8 Å². The molecule has 62 valence electrons. The van der Waals surface area contributed by atoms with Gasteiger partial charge in [-0.2, -0.15) is 0 Å². The molecule has 1 N–H and O–H groups in total. The molecule has 0 radical (unpaired) electrons. The van der Waals surface area contributed by atoms with E-state index >= 15 is 0 Å². The summed E-state index contributed by atoms with van der Waals surface area (Å²) in [7, 11) is 0. The average molecular weight is 154 g/mol. The number of hydrogen-bond donors (Lipinski definition) is 1. The Hall–Kier alpha value is -0.370. The summed E-state index contributed by atoms with van der Waals surface area (Å²) >= 11 is 0. The van der Waals surface area contributed by atoms with Crippen LogP contribution in [0.3, 0.4) is 0 Å². The van der Waals surface area contributed by atoms with Crippen LogP contribution in [0.5, 0.6) is 0 Å². The van der Waals surface area contributed by atoms with Gasteiger partial charge in [0, 0.05) is 5.41 Å². The van der Waals surface area contributed by atoms with Crippen LogP contribution in [0.1, 0.15) is 26.7 Å². The number of carbonyl (C=O) groups excluding carboxylic acids is 1. The van der Waals surface area contributed by atoms with Gasteiger partial charge in [0.1, 0.15) is 6.10 Å². The van der Waals surface area contributed by atoms with Gasteiger partial charge in [0.15, 0.2) is 5.78 Å². The molecule has 0 heterocycles. The zero-order valence-corrected chi connectivity index (χ0v) is 7.00. The lowest BCUT2D eigenvalue weighted by atomic mass is 9.81. The van der Waals surface area contributed by atoms with Gasteiger partial charge in [0.25, 0.3) is 0 Å². The second-order valence-electron chi connectivity index (χ2n) is 4.22. The number of hydrogen-bond acceptors (Lipinski definition) is 2. The number of carbonyl (C=O) groups is 1. The van der Waals surface area contributed by atoms with E-state index < -0.39 is 6.10 Å². The van der Waals surface area contributed by atoms with Gasteiger partial charge in [-0.25, -0.2) is 0 Å². The van der Waals surface area contributed by atoms with Gasteiger partial charge in [-0.15, -0.1) is 0 Å². The van der Waals surface area contributed by atoms with Crippen molar-refractivity contribution in [3.63, 3.8) is 0 Å². The first-order valence-corrected chi connectivity index (χ1v) is 4.30. The Morgan fingerprint density at radius 2 is 2.27 bits per heavy atom. The van der Waals surface area contributed by atoms with Crippen LogP contribution < -0.4 is 0 Å². The van der Waals surface area contributed by atoms with Gasteiger partial charge in [0.05, 0.1) is 0 Å². The minimum Gasteiger partial charge on any atom is -0.385 e. The van der Waals surface area contributed by atoms with E-state index in [1.54, 1.807) is 0 Å². The van der Waals surface area contributed by atoms with Crippen molar-refractivity contribution in [3.05, 3.63) is 0 Å². The number of ketones is 1. The van der Waals surface area contributed by atoms with Gasteiger partial charge in [-0.1, -0.05) is 13.8 Å². The van der Waals surface area contributed by atoms with Crippen molar-refractivity contribution in [3.8, 4) is 0 Å². The minimum atomic E-state index is -0.649. The molecule has 2 aliphatic rings. The fourth-order valence-electron chi connectivity index (χ4n) is 2.73. The zero-order chi connectivity index (χ0) is 8.22. The van der Waals surface area contributed by atoms with Crippen molar-refractivity contribution < 1.29 is 9.90 Å². The molecule has 0 aromatic heterocycles. The van der Waals surface area contributed by atoms with E-state index in [2.05, 4.69) is 6.92 Å². The fraction of sp³-hybridized carbons (Fsp3) is 0.889.